The number of ether oxygens (including phenoxy) is 1. The first kappa shape index (κ1) is 13.3. The third kappa shape index (κ3) is 3.21. The first-order chi connectivity index (χ1) is 9.24. The molecule has 0 amide bonds. The van der Waals surface area contributed by atoms with Crippen molar-refractivity contribution in [2.45, 2.75) is 11.8 Å². The molecule has 2 rings (SSSR count). The van der Waals surface area contributed by atoms with Crippen LogP contribution in [-0.2, 0) is 0 Å². The second-order valence-electron chi connectivity index (χ2n) is 3.85. The maximum absolute atomic E-state index is 9.28. The zero-order valence-corrected chi connectivity index (χ0v) is 11.4. The Morgan fingerprint density at radius 3 is 2.58 bits per heavy atom. The number of nitriles is 1. The molecule has 0 aromatic heterocycles. The number of hydrogen-bond donors (Lipinski definition) is 1. The van der Waals surface area contributed by atoms with E-state index >= 15 is 0 Å². The fourth-order valence-electron chi connectivity index (χ4n) is 1.64. The first-order valence-electron chi connectivity index (χ1n) is 5.94. The lowest BCUT2D eigenvalue weighted by atomic mass is 10.2. The number of hydrogen-bond acceptors (Lipinski definition) is 4. The maximum Gasteiger partial charge on any atom is 0.146 e. The number of anilines is 1. The van der Waals surface area contributed by atoms with E-state index in [1.807, 2.05) is 12.1 Å². The van der Waals surface area contributed by atoms with Gasteiger partial charge in [-0.1, -0.05) is 13.0 Å². The Morgan fingerprint density at radius 2 is 1.95 bits per heavy atom. The van der Waals surface area contributed by atoms with E-state index in [0.29, 0.717) is 22.7 Å². The highest BCUT2D eigenvalue weighted by molar-refractivity contribution is 7.99. The van der Waals surface area contributed by atoms with Gasteiger partial charge in [-0.25, -0.2) is 0 Å². The highest BCUT2D eigenvalue weighted by Gasteiger charge is 2.09. The molecule has 0 spiro atoms. The van der Waals surface area contributed by atoms with Crippen LogP contribution < -0.4 is 10.5 Å². The Morgan fingerprint density at radius 1 is 1.21 bits per heavy atom. The second kappa shape index (κ2) is 6.17. The van der Waals surface area contributed by atoms with Gasteiger partial charge in [0.15, 0.2) is 0 Å². The fraction of sp³-hybridized carbons (Fsp3) is 0.133. The lowest BCUT2D eigenvalue weighted by molar-refractivity contribution is 0.479. The molecule has 0 saturated carbocycles. The molecule has 0 bridgehead atoms. The summed E-state index contributed by atoms with van der Waals surface area (Å²) >= 11 is 1.63. The number of rotatable bonds is 4. The summed E-state index contributed by atoms with van der Waals surface area (Å²) in [5.74, 6) is 2.16. The smallest absolute Gasteiger partial charge is 0.146 e. The highest BCUT2D eigenvalue weighted by atomic mass is 32.2. The van der Waals surface area contributed by atoms with E-state index < -0.39 is 0 Å². The van der Waals surface area contributed by atoms with Gasteiger partial charge in [-0.3, -0.25) is 0 Å². The molecule has 0 saturated heterocycles. The van der Waals surface area contributed by atoms with Crippen LogP contribution in [0, 0.1) is 11.3 Å². The summed E-state index contributed by atoms with van der Waals surface area (Å²) in [6.07, 6.45) is 0. The van der Waals surface area contributed by atoms with Crippen molar-refractivity contribution in [1.82, 2.24) is 0 Å². The zero-order valence-electron chi connectivity index (χ0n) is 10.6. The van der Waals surface area contributed by atoms with Crippen molar-refractivity contribution in [1.29, 1.82) is 5.26 Å². The van der Waals surface area contributed by atoms with Crippen LogP contribution in [0.15, 0.2) is 47.4 Å². The van der Waals surface area contributed by atoms with Gasteiger partial charge in [-0.15, -0.1) is 11.8 Å². The monoisotopic (exact) mass is 270 g/mol. The molecule has 2 N–H and O–H groups in total. The summed E-state index contributed by atoms with van der Waals surface area (Å²) in [4.78, 5) is 0.943. The molecule has 0 aliphatic carbocycles. The molecular formula is C15H14N2OS. The van der Waals surface area contributed by atoms with Gasteiger partial charge in [0.05, 0.1) is 0 Å². The van der Waals surface area contributed by atoms with E-state index in [2.05, 4.69) is 13.0 Å². The minimum absolute atomic E-state index is 0.575. The lowest BCUT2D eigenvalue weighted by Crippen LogP contribution is -1.91. The van der Waals surface area contributed by atoms with Crippen LogP contribution in [0.5, 0.6) is 11.5 Å². The van der Waals surface area contributed by atoms with Gasteiger partial charge in [0.1, 0.15) is 23.1 Å². The summed E-state index contributed by atoms with van der Waals surface area (Å²) in [6, 6.07) is 15.0. The van der Waals surface area contributed by atoms with E-state index in [4.69, 9.17) is 10.5 Å². The van der Waals surface area contributed by atoms with Crippen molar-refractivity contribution in [2.24, 2.45) is 0 Å². The van der Waals surface area contributed by atoms with Crippen molar-refractivity contribution >= 4 is 17.4 Å². The molecule has 19 heavy (non-hydrogen) atoms. The Hall–Kier alpha value is -2.12. The summed E-state index contributed by atoms with van der Waals surface area (Å²) in [7, 11) is 0. The molecular weight excluding hydrogens is 256 g/mol. The SMILES string of the molecule is CCSc1cccc(Oc2ccc(N)cc2)c1C#N. The van der Waals surface area contributed by atoms with Gasteiger partial charge in [0.2, 0.25) is 0 Å². The standard InChI is InChI=1S/C15H14N2OS/c1-2-19-15-5-3-4-14(13(15)10-16)18-12-8-6-11(17)7-9-12/h3-9H,2,17H2,1H3. The molecule has 0 aliphatic rings. The van der Waals surface area contributed by atoms with Crippen molar-refractivity contribution in [3.05, 3.63) is 48.0 Å². The molecule has 0 radical (unpaired) electrons. The van der Waals surface area contributed by atoms with Gasteiger partial charge in [-0.2, -0.15) is 5.26 Å². The van der Waals surface area contributed by atoms with Crippen LogP contribution in [0.1, 0.15) is 12.5 Å². The van der Waals surface area contributed by atoms with E-state index in [1.54, 1.807) is 42.1 Å². The third-order valence-electron chi connectivity index (χ3n) is 2.51. The van der Waals surface area contributed by atoms with Gasteiger partial charge in [0, 0.05) is 10.6 Å². The molecule has 3 nitrogen and oxygen atoms in total. The highest BCUT2D eigenvalue weighted by Crippen LogP contribution is 2.32. The zero-order chi connectivity index (χ0) is 13.7. The maximum atomic E-state index is 9.28. The van der Waals surface area contributed by atoms with Crippen molar-refractivity contribution in [2.75, 3.05) is 11.5 Å². The number of nitrogen functional groups attached to an aromatic ring is 1. The van der Waals surface area contributed by atoms with Gasteiger partial charge < -0.3 is 10.5 Å². The predicted octanol–water partition coefficient (Wildman–Crippen LogP) is 4.04. The number of nitrogens with zero attached hydrogens (tertiary/aromatic N) is 1. The topological polar surface area (TPSA) is 59.0 Å². The Labute approximate surface area is 117 Å². The van der Waals surface area contributed by atoms with E-state index in [1.165, 1.54) is 0 Å². The first-order valence-corrected chi connectivity index (χ1v) is 6.92. The molecule has 4 heteroatoms. The summed E-state index contributed by atoms with van der Waals surface area (Å²) in [5, 5.41) is 9.28. The van der Waals surface area contributed by atoms with Crippen LogP contribution in [0.25, 0.3) is 0 Å². The minimum Gasteiger partial charge on any atom is -0.456 e. The third-order valence-corrected chi connectivity index (χ3v) is 3.45. The van der Waals surface area contributed by atoms with Crippen LogP contribution >= 0.6 is 11.8 Å². The Kier molecular flexibility index (Phi) is 4.32. The largest absolute Gasteiger partial charge is 0.456 e. The van der Waals surface area contributed by atoms with Crippen LogP contribution in [0.4, 0.5) is 5.69 Å². The predicted molar refractivity (Wildman–Crippen MR) is 78.5 cm³/mol. The van der Waals surface area contributed by atoms with Crippen LogP contribution in [0.3, 0.4) is 0 Å². The van der Waals surface area contributed by atoms with Crippen molar-refractivity contribution in [3.63, 3.8) is 0 Å². The van der Waals surface area contributed by atoms with Crippen molar-refractivity contribution in [3.8, 4) is 17.6 Å². The summed E-state index contributed by atoms with van der Waals surface area (Å²) in [6.45, 7) is 2.05. The molecule has 0 heterocycles. The molecule has 0 atom stereocenters. The van der Waals surface area contributed by atoms with E-state index in [-0.39, 0.29) is 0 Å². The molecule has 0 unspecified atom stereocenters. The number of benzene rings is 2. The van der Waals surface area contributed by atoms with Gasteiger partial charge >= 0.3 is 0 Å². The summed E-state index contributed by atoms with van der Waals surface area (Å²) in [5.41, 5.74) is 6.89. The molecule has 2 aromatic carbocycles. The number of nitrogens with two attached hydrogens (primary N) is 1. The van der Waals surface area contributed by atoms with Crippen LogP contribution in [0.2, 0.25) is 0 Å². The lowest BCUT2D eigenvalue weighted by Gasteiger charge is -2.10. The quantitative estimate of drug-likeness (QED) is 0.672. The van der Waals surface area contributed by atoms with E-state index in [0.717, 1.165) is 10.6 Å². The molecule has 96 valence electrons. The summed E-state index contributed by atoms with van der Waals surface area (Å²) < 4.78 is 5.75. The number of thioether (sulfide) groups is 1. The van der Waals surface area contributed by atoms with Crippen LogP contribution in [-0.4, -0.2) is 5.75 Å². The average molecular weight is 270 g/mol. The molecule has 2 aromatic rings. The molecule has 0 fully saturated rings. The van der Waals surface area contributed by atoms with Gasteiger partial charge in [0.25, 0.3) is 0 Å². The van der Waals surface area contributed by atoms with E-state index in [9.17, 15) is 5.26 Å². The second-order valence-corrected chi connectivity index (χ2v) is 5.15. The fourth-order valence-corrected chi connectivity index (χ4v) is 2.42. The Balaban J connectivity index is 2.32. The Bertz CT molecular complexity index is 603. The average Bonchev–Trinajstić information content (AvgIpc) is 2.42. The molecule has 0 aliphatic heterocycles. The van der Waals surface area contributed by atoms with Crippen molar-refractivity contribution < 1.29 is 4.74 Å². The minimum atomic E-state index is 0.575. The van der Waals surface area contributed by atoms with Gasteiger partial charge in [-0.05, 0) is 42.2 Å². The normalized spacial score (nSPS) is 9.89.